The Bertz CT molecular complexity index is 1010. The molecule has 8 heteroatoms. The van der Waals surface area contributed by atoms with Crippen molar-refractivity contribution in [3.63, 3.8) is 0 Å². The maximum atomic E-state index is 14.2. The predicted octanol–water partition coefficient (Wildman–Crippen LogP) is 5.02. The van der Waals surface area contributed by atoms with Crippen LogP contribution in [0.15, 0.2) is 41.4 Å². The highest BCUT2D eigenvalue weighted by Crippen LogP contribution is 2.49. The molecule has 0 amide bonds. The van der Waals surface area contributed by atoms with Crippen LogP contribution in [0.1, 0.15) is 28.7 Å². The average molecular weight is 441 g/mol. The van der Waals surface area contributed by atoms with Crippen LogP contribution < -0.4 is 5.32 Å². The Morgan fingerprint density at radius 1 is 1.03 bits per heavy atom. The number of aliphatic imine (C=N–C) groups is 1. The molecule has 1 unspecified atom stereocenters. The quantitative estimate of drug-likeness (QED) is 0.711. The highest BCUT2D eigenvalue weighted by atomic mass is 35.5. The van der Waals surface area contributed by atoms with Gasteiger partial charge in [-0.2, -0.15) is 13.2 Å². The molecule has 0 aliphatic carbocycles. The molecule has 1 N–H and O–H groups in total. The van der Waals surface area contributed by atoms with Crippen molar-refractivity contribution < 1.29 is 17.9 Å². The molecule has 3 nitrogen and oxygen atoms in total. The van der Waals surface area contributed by atoms with Gasteiger partial charge in [0, 0.05) is 35.3 Å². The van der Waals surface area contributed by atoms with E-state index >= 15 is 0 Å². The second kappa shape index (κ2) is 6.45. The monoisotopic (exact) mass is 440 g/mol. The van der Waals surface area contributed by atoms with Gasteiger partial charge in [0.25, 0.3) is 0 Å². The van der Waals surface area contributed by atoms with Crippen LogP contribution in [0.2, 0.25) is 10.0 Å². The van der Waals surface area contributed by atoms with Crippen molar-refractivity contribution in [1.82, 2.24) is 5.32 Å². The van der Waals surface area contributed by atoms with E-state index in [2.05, 4.69) is 10.3 Å². The first kappa shape index (κ1) is 19.4. The Hall–Kier alpha value is -1.60. The lowest BCUT2D eigenvalue weighted by Crippen LogP contribution is -2.56. The minimum atomic E-state index is -4.49. The third kappa shape index (κ3) is 2.92. The SMILES string of the molecule is FC(F)(F)C1(c2cc(Cl)cc(Cl)c2)CN=C(c2ccc3c(c2)COC32CNC2)C1. The number of alkyl halides is 3. The summed E-state index contributed by atoms with van der Waals surface area (Å²) in [5.41, 5.74) is 0.906. The van der Waals surface area contributed by atoms with Crippen LogP contribution in [0.3, 0.4) is 0 Å². The number of hydrogen-bond acceptors (Lipinski definition) is 3. The number of nitrogens with one attached hydrogen (secondary N) is 1. The molecule has 0 saturated carbocycles. The van der Waals surface area contributed by atoms with Gasteiger partial charge in [0.15, 0.2) is 0 Å². The minimum Gasteiger partial charge on any atom is -0.363 e. The van der Waals surface area contributed by atoms with Crippen molar-refractivity contribution in [2.24, 2.45) is 4.99 Å². The van der Waals surface area contributed by atoms with Gasteiger partial charge in [0.2, 0.25) is 0 Å². The summed E-state index contributed by atoms with van der Waals surface area (Å²) in [7, 11) is 0. The van der Waals surface area contributed by atoms with Crippen molar-refractivity contribution in [2.45, 2.75) is 30.2 Å². The highest BCUT2D eigenvalue weighted by molar-refractivity contribution is 6.34. The second-order valence-electron chi connectivity index (χ2n) is 7.94. The molecule has 3 heterocycles. The van der Waals surface area contributed by atoms with Gasteiger partial charge < -0.3 is 10.1 Å². The van der Waals surface area contributed by atoms with Crippen LogP contribution in [-0.4, -0.2) is 31.5 Å². The van der Waals surface area contributed by atoms with Crippen molar-refractivity contribution in [3.05, 3.63) is 68.7 Å². The molecular formula is C21H17Cl2F3N2O. The predicted molar refractivity (Wildman–Crippen MR) is 106 cm³/mol. The maximum Gasteiger partial charge on any atom is 0.400 e. The Morgan fingerprint density at radius 3 is 2.38 bits per heavy atom. The number of fused-ring (bicyclic) bond motifs is 2. The number of rotatable bonds is 2. The number of benzene rings is 2. The summed E-state index contributed by atoms with van der Waals surface area (Å²) in [5, 5.41) is 3.57. The minimum absolute atomic E-state index is 0.0465. The van der Waals surface area contributed by atoms with E-state index < -0.39 is 11.6 Å². The second-order valence-corrected chi connectivity index (χ2v) is 8.81. The molecule has 1 saturated heterocycles. The first-order valence-electron chi connectivity index (χ1n) is 9.28. The fraction of sp³-hybridized carbons (Fsp3) is 0.381. The van der Waals surface area contributed by atoms with Gasteiger partial charge in [-0.05, 0) is 46.5 Å². The summed E-state index contributed by atoms with van der Waals surface area (Å²) in [6, 6.07) is 9.83. The van der Waals surface area contributed by atoms with Crippen LogP contribution in [0.25, 0.3) is 0 Å². The molecule has 1 spiro atoms. The summed E-state index contributed by atoms with van der Waals surface area (Å²) >= 11 is 12.0. The zero-order valence-corrected chi connectivity index (χ0v) is 16.8. The topological polar surface area (TPSA) is 33.6 Å². The van der Waals surface area contributed by atoms with Gasteiger partial charge in [0.1, 0.15) is 11.0 Å². The Balaban J connectivity index is 1.50. The van der Waals surface area contributed by atoms with E-state index in [4.69, 9.17) is 27.9 Å². The summed E-state index contributed by atoms with van der Waals surface area (Å²) in [6.45, 7) is 1.59. The molecule has 2 aromatic carbocycles. The maximum absolute atomic E-state index is 14.2. The van der Waals surface area contributed by atoms with Gasteiger partial charge in [-0.1, -0.05) is 35.3 Å². The molecule has 1 fully saturated rings. The lowest BCUT2D eigenvalue weighted by Gasteiger charge is -2.39. The lowest BCUT2D eigenvalue weighted by atomic mass is 9.76. The smallest absolute Gasteiger partial charge is 0.363 e. The van der Waals surface area contributed by atoms with E-state index in [1.54, 1.807) is 0 Å². The Labute approximate surface area is 175 Å². The molecule has 152 valence electrons. The molecule has 3 aliphatic heterocycles. The number of nitrogens with zero attached hydrogens (tertiary/aromatic N) is 1. The fourth-order valence-electron chi connectivity index (χ4n) is 4.47. The highest BCUT2D eigenvalue weighted by Gasteiger charge is 2.58. The molecule has 0 aromatic heterocycles. The molecule has 5 rings (SSSR count). The van der Waals surface area contributed by atoms with E-state index in [9.17, 15) is 13.2 Å². The van der Waals surface area contributed by atoms with Crippen molar-refractivity contribution in [2.75, 3.05) is 19.6 Å². The van der Waals surface area contributed by atoms with Crippen LogP contribution >= 0.6 is 23.2 Å². The molecular weight excluding hydrogens is 424 g/mol. The van der Waals surface area contributed by atoms with E-state index in [0.717, 1.165) is 24.2 Å². The summed E-state index contributed by atoms with van der Waals surface area (Å²) in [6.07, 6.45) is -4.74. The first-order chi connectivity index (χ1) is 13.7. The van der Waals surface area contributed by atoms with Gasteiger partial charge in [-0.25, -0.2) is 0 Å². The standard InChI is InChI=1S/C21H17Cl2F3N2O/c22-15-4-14(5-16(23)6-15)19(21(24,25)26)7-18(28-9-19)12-1-2-17-13(3-12)8-29-20(17)10-27-11-20/h1-6,27H,7-11H2. The summed E-state index contributed by atoms with van der Waals surface area (Å²) < 4.78 is 48.7. The van der Waals surface area contributed by atoms with Crippen molar-refractivity contribution in [3.8, 4) is 0 Å². The van der Waals surface area contributed by atoms with E-state index in [-0.39, 0.29) is 34.2 Å². The largest absolute Gasteiger partial charge is 0.400 e. The average Bonchev–Trinajstić information content (AvgIpc) is 3.23. The summed E-state index contributed by atoms with van der Waals surface area (Å²) in [4.78, 5) is 4.32. The number of ether oxygens (including phenoxy) is 1. The third-order valence-corrected chi connectivity index (χ3v) is 6.66. The zero-order valence-electron chi connectivity index (χ0n) is 15.2. The number of hydrogen-bond donors (Lipinski definition) is 1. The molecule has 29 heavy (non-hydrogen) atoms. The van der Waals surface area contributed by atoms with Gasteiger partial charge in [-0.3, -0.25) is 4.99 Å². The van der Waals surface area contributed by atoms with Crippen LogP contribution in [0, 0.1) is 0 Å². The lowest BCUT2D eigenvalue weighted by molar-refractivity contribution is -0.183. The Morgan fingerprint density at radius 2 is 1.76 bits per heavy atom. The van der Waals surface area contributed by atoms with E-state index in [1.807, 2.05) is 18.2 Å². The zero-order chi connectivity index (χ0) is 20.4. The van der Waals surface area contributed by atoms with E-state index in [1.165, 1.54) is 18.2 Å². The molecule has 3 aliphatic rings. The first-order valence-corrected chi connectivity index (χ1v) is 10.0. The molecule has 2 aromatic rings. The third-order valence-electron chi connectivity index (χ3n) is 6.22. The van der Waals surface area contributed by atoms with Gasteiger partial charge in [0.05, 0.1) is 13.2 Å². The van der Waals surface area contributed by atoms with Crippen LogP contribution in [0.5, 0.6) is 0 Å². The van der Waals surface area contributed by atoms with E-state index in [0.29, 0.717) is 17.9 Å². The Kier molecular flexibility index (Phi) is 4.31. The van der Waals surface area contributed by atoms with Crippen molar-refractivity contribution in [1.29, 1.82) is 0 Å². The van der Waals surface area contributed by atoms with Crippen LogP contribution in [-0.2, 0) is 22.4 Å². The fourth-order valence-corrected chi connectivity index (χ4v) is 5.00. The molecule has 0 radical (unpaired) electrons. The molecule has 0 bridgehead atoms. The molecule has 1 atom stereocenters. The normalized spacial score (nSPS) is 25.1. The van der Waals surface area contributed by atoms with Gasteiger partial charge in [-0.15, -0.1) is 0 Å². The number of halogens is 5. The van der Waals surface area contributed by atoms with Crippen LogP contribution in [0.4, 0.5) is 13.2 Å². The summed E-state index contributed by atoms with van der Waals surface area (Å²) in [5.74, 6) is 0. The van der Waals surface area contributed by atoms with Crippen molar-refractivity contribution >= 4 is 28.9 Å². The van der Waals surface area contributed by atoms with Gasteiger partial charge >= 0.3 is 6.18 Å².